The number of anilines is 1. The summed E-state index contributed by atoms with van der Waals surface area (Å²) in [5, 5.41) is 8.02. The highest BCUT2D eigenvalue weighted by atomic mass is 35.5. The average Bonchev–Trinajstić information content (AvgIpc) is 3.05. The van der Waals surface area contributed by atoms with E-state index < -0.39 is 0 Å². The first-order valence-corrected chi connectivity index (χ1v) is 6.91. The largest absolute Gasteiger partial charge is 0.375 e. The Kier molecular flexibility index (Phi) is 3.31. The van der Waals surface area contributed by atoms with Crippen LogP contribution in [0.3, 0.4) is 0 Å². The minimum Gasteiger partial charge on any atom is -0.375 e. The summed E-state index contributed by atoms with van der Waals surface area (Å²) in [4.78, 5) is 4.21. The number of benzene rings is 1. The maximum atomic E-state index is 6.21. The Hall–Kier alpha value is -1.73. The lowest BCUT2D eigenvalue weighted by atomic mass is 10.2. The van der Waals surface area contributed by atoms with Gasteiger partial charge in [0.2, 0.25) is 0 Å². The Morgan fingerprint density at radius 1 is 1.37 bits per heavy atom. The number of fused-ring (bicyclic) bond motifs is 1. The molecule has 1 aromatic carbocycles. The van der Waals surface area contributed by atoms with Gasteiger partial charge in [-0.3, -0.25) is 0 Å². The van der Waals surface area contributed by atoms with Gasteiger partial charge in [-0.25, -0.2) is 9.67 Å². The molecule has 0 spiro atoms. The standard InChI is InChI=1S/C11H11ClN6S/c1-2-18-9(14-6-15-18)5-13-10-7(12)3-4-8-11(10)17-19-16-8/h3-4,6,13H,2,5H2,1H3. The zero-order valence-corrected chi connectivity index (χ0v) is 11.7. The van der Waals surface area contributed by atoms with Crippen molar-refractivity contribution in [3.8, 4) is 0 Å². The molecule has 0 saturated heterocycles. The van der Waals surface area contributed by atoms with E-state index in [0.29, 0.717) is 11.6 Å². The lowest BCUT2D eigenvalue weighted by molar-refractivity contribution is 0.622. The normalized spacial score (nSPS) is 11.1. The van der Waals surface area contributed by atoms with Crippen molar-refractivity contribution in [3.05, 3.63) is 29.3 Å². The summed E-state index contributed by atoms with van der Waals surface area (Å²) in [6, 6.07) is 3.68. The van der Waals surface area contributed by atoms with Crippen LogP contribution in [0.2, 0.25) is 5.02 Å². The van der Waals surface area contributed by atoms with E-state index in [1.165, 1.54) is 11.7 Å². The number of nitrogens with zero attached hydrogens (tertiary/aromatic N) is 5. The van der Waals surface area contributed by atoms with Crippen molar-refractivity contribution in [3.63, 3.8) is 0 Å². The summed E-state index contributed by atoms with van der Waals surface area (Å²) < 4.78 is 10.3. The minimum atomic E-state index is 0.546. The SMILES string of the molecule is CCn1ncnc1CNc1c(Cl)ccc2nsnc12. The van der Waals surface area contributed by atoms with Crippen LogP contribution in [0.5, 0.6) is 0 Å². The van der Waals surface area contributed by atoms with E-state index >= 15 is 0 Å². The molecular formula is C11H11ClN6S. The molecule has 0 aliphatic carbocycles. The lowest BCUT2D eigenvalue weighted by Crippen LogP contribution is -2.09. The van der Waals surface area contributed by atoms with Crippen LogP contribution in [0.25, 0.3) is 11.0 Å². The van der Waals surface area contributed by atoms with Gasteiger partial charge in [0.05, 0.1) is 29.0 Å². The Morgan fingerprint density at radius 2 is 2.26 bits per heavy atom. The lowest BCUT2D eigenvalue weighted by Gasteiger charge is -2.08. The van der Waals surface area contributed by atoms with E-state index in [1.807, 2.05) is 23.7 Å². The molecule has 0 aliphatic heterocycles. The van der Waals surface area contributed by atoms with Crippen LogP contribution >= 0.6 is 23.3 Å². The van der Waals surface area contributed by atoms with Crippen molar-refractivity contribution < 1.29 is 0 Å². The van der Waals surface area contributed by atoms with Gasteiger partial charge < -0.3 is 5.32 Å². The molecule has 0 radical (unpaired) electrons. The molecule has 0 aliphatic rings. The van der Waals surface area contributed by atoms with Gasteiger partial charge in [-0.1, -0.05) is 11.6 Å². The van der Waals surface area contributed by atoms with Gasteiger partial charge in [0, 0.05) is 6.54 Å². The van der Waals surface area contributed by atoms with E-state index in [2.05, 4.69) is 24.1 Å². The van der Waals surface area contributed by atoms with Gasteiger partial charge in [0.1, 0.15) is 23.2 Å². The first kappa shape index (κ1) is 12.3. The van der Waals surface area contributed by atoms with E-state index in [-0.39, 0.29) is 0 Å². The molecule has 0 atom stereocenters. The molecule has 19 heavy (non-hydrogen) atoms. The van der Waals surface area contributed by atoms with E-state index in [1.54, 1.807) is 6.33 Å². The molecule has 98 valence electrons. The highest BCUT2D eigenvalue weighted by Gasteiger charge is 2.11. The van der Waals surface area contributed by atoms with Crippen molar-refractivity contribution in [1.29, 1.82) is 0 Å². The van der Waals surface area contributed by atoms with Gasteiger partial charge in [0.15, 0.2) is 0 Å². The summed E-state index contributed by atoms with van der Waals surface area (Å²) >= 11 is 7.38. The first-order chi connectivity index (χ1) is 9.29. The molecule has 1 N–H and O–H groups in total. The molecular weight excluding hydrogens is 284 g/mol. The third-order valence-corrected chi connectivity index (χ3v) is 3.65. The third kappa shape index (κ3) is 2.26. The van der Waals surface area contributed by atoms with E-state index in [9.17, 15) is 0 Å². The second-order valence-electron chi connectivity index (χ2n) is 3.90. The Bertz CT molecular complexity index is 706. The molecule has 0 bridgehead atoms. The topological polar surface area (TPSA) is 68.5 Å². The van der Waals surface area contributed by atoms with Gasteiger partial charge >= 0.3 is 0 Å². The van der Waals surface area contributed by atoms with Crippen molar-refractivity contribution in [2.24, 2.45) is 0 Å². The third-order valence-electron chi connectivity index (χ3n) is 2.80. The zero-order chi connectivity index (χ0) is 13.2. The molecule has 2 aromatic heterocycles. The fraction of sp³-hybridized carbons (Fsp3) is 0.273. The number of halogens is 1. The predicted octanol–water partition coefficient (Wildman–Crippen LogP) is 2.57. The van der Waals surface area contributed by atoms with Crippen LogP contribution in [0.1, 0.15) is 12.7 Å². The van der Waals surface area contributed by atoms with Crippen LogP contribution in [-0.2, 0) is 13.1 Å². The quantitative estimate of drug-likeness (QED) is 0.801. The Morgan fingerprint density at radius 3 is 3.11 bits per heavy atom. The number of nitrogens with one attached hydrogen (secondary N) is 1. The molecule has 8 heteroatoms. The van der Waals surface area contributed by atoms with Crippen LogP contribution < -0.4 is 5.32 Å². The summed E-state index contributed by atoms with van der Waals surface area (Å²) in [5.41, 5.74) is 2.42. The minimum absolute atomic E-state index is 0.546. The monoisotopic (exact) mass is 294 g/mol. The average molecular weight is 295 g/mol. The van der Waals surface area contributed by atoms with Crippen LogP contribution in [0.4, 0.5) is 5.69 Å². The number of hydrogen-bond acceptors (Lipinski definition) is 6. The van der Waals surface area contributed by atoms with Crippen molar-refractivity contribution in [1.82, 2.24) is 23.5 Å². The second-order valence-corrected chi connectivity index (χ2v) is 4.84. The molecule has 0 fully saturated rings. The predicted molar refractivity (Wildman–Crippen MR) is 75.4 cm³/mol. The van der Waals surface area contributed by atoms with Crippen LogP contribution in [0.15, 0.2) is 18.5 Å². The maximum absolute atomic E-state index is 6.21. The number of hydrogen-bond donors (Lipinski definition) is 1. The van der Waals surface area contributed by atoms with Gasteiger partial charge in [0.25, 0.3) is 0 Å². The van der Waals surface area contributed by atoms with Crippen LogP contribution in [-0.4, -0.2) is 23.5 Å². The van der Waals surface area contributed by atoms with Crippen molar-refractivity contribution in [2.75, 3.05) is 5.32 Å². The molecule has 0 unspecified atom stereocenters. The maximum Gasteiger partial charge on any atom is 0.146 e. The fourth-order valence-corrected chi connectivity index (χ4v) is 2.61. The molecule has 2 heterocycles. The number of aromatic nitrogens is 5. The molecule has 0 amide bonds. The summed E-state index contributed by atoms with van der Waals surface area (Å²) in [7, 11) is 0. The van der Waals surface area contributed by atoms with Crippen molar-refractivity contribution in [2.45, 2.75) is 20.0 Å². The number of rotatable bonds is 4. The van der Waals surface area contributed by atoms with E-state index in [0.717, 1.165) is 29.1 Å². The second kappa shape index (κ2) is 5.10. The molecule has 3 rings (SSSR count). The Labute approximate surface area is 118 Å². The summed E-state index contributed by atoms with van der Waals surface area (Å²) in [6.07, 6.45) is 1.55. The smallest absolute Gasteiger partial charge is 0.146 e. The molecule has 0 saturated carbocycles. The molecule has 3 aromatic rings. The van der Waals surface area contributed by atoms with Crippen LogP contribution in [0, 0.1) is 0 Å². The summed E-state index contributed by atoms with van der Waals surface area (Å²) in [5.74, 6) is 0.860. The van der Waals surface area contributed by atoms with Gasteiger partial charge in [-0.15, -0.1) is 0 Å². The zero-order valence-electron chi connectivity index (χ0n) is 10.2. The van der Waals surface area contributed by atoms with Gasteiger partial charge in [-0.2, -0.15) is 13.8 Å². The highest BCUT2D eigenvalue weighted by Crippen LogP contribution is 2.30. The molecule has 6 nitrogen and oxygen atoms in total. The van der Waals surface area contributed by atoms with Crippen molar-refractivity contribution >= 4 is 40.0 Å². The van der Waals surface area contributed by atoms with Gasteiger partial charge in [-0.05, 0) is 19.1 Å². The Balaban J connectivity index is 1.89. The first-order valence-electron chi connectivity index (χ1n) is 5.81. The number of aryl methyl sites for hydroxylation is 1. The van der Waals surface area contributed by atoms with E-state index in [4.69, 9.17) is 11.6 Å². The highest BCUT2D eigenvalue weighted by molar-refractivity contribution is 7.00. The summed E-state index contributed by atoms with van der Waals surface area (Å²) in [6.45, 7) is 3.35. The fourth-order valence-electron chi connectivity index (χ4n) is 1.85.